The van der Waals surface area contributed by atoms with E-state index in [-0.39, 0.29) is 18.5 Å². The van der Waals surface area contributed by atoms with Crippen LogP contribution in [0.4, 0.5) is 5.82 Å². The molecule has 1 aromatic carbocycles. The third-order valence-corrected chi connectivity index (χ3v) is 3.44. The Morgan fingerprint density at radius 3 is 2.70 bits per heavy atom. The van der Waals surface area contributed by atoms with Crippen LogP contribution in [0.1, 0.15) is 19.9 Å². The number of carbonyl (C=O) groups is 1. The molecule has 0 aliphatic heterocycles. The maximum absolute atomic E-state index is 12.2. The summed E-state index contributed by atoms with van der Waals surface area (Å²) in [4.78, 5) is 12.2. The van der Waals surface area contributed by atoms with Crippen molar-refractivity contribution in [2.75, 3.05) is 5.32 Å². The molecule has 3 aromatic rings. The van der Waals surface area contributed by atoms with Gasteiger partial charge >= 0.3 is 0 Å². The predicted molar refractivity (Wildman–Crippen MR) is 88.9 cm³/mol. The molecule has 1 N–H and O–H groups in total. The van der Waals surface area contributed by atoms with Crippen LogP contribution in [0.15, 0.2) is 54.9 Å². The van der Waals surface area contributed by atoms with Gasteiger partial charge in [-0.05, 0) is 19.9 Å². The van der Waals surface area contributed by atoms with E-state index in [0.29, 0.717) is 5.82 Å². The standard InChI is InChI=1S/C17H19N5O/c1-13(2)22-16(8-10-18-22)19-17(23)12-21-11-9-15(20-21)14-6-4-3-5-7-14/h3-11,13H,12H2,1-2H3,(H,19,23). The molecule has 2 aromatic heterocycles. The monoisotopic (exact) mass is 309 g/mol. The van der Waals surface area contributed by atoms with Crippen molar-refractivity contribution in [2.45, 2.75) is 26.4 Å². The molecule has 23 heavy (non-hydrogen) atoms. The zero-order chi connectivity index (χ0) is 16.2. The number of hydrogen-bond acceptors (Lipinski definition) is 3. The zero-order valence-corrected chi connectivity index (χ0v) is 13.2. The van der Waals surface area contributed by atoms with Crippen molar-refractivity contribution in [3.05, 3.63) is 54.9 Å². The number of rotatable bonds is 5. The quantitative estimate of drug-likeness (QED) is 0.788. The van der Waals surface area contributed by atoms with E-state index in [0.717, 1.165) is 11.3 Å². The third kappa shape index (κ3) is 3.48. The van der Waals surface area contributed by atoms with E-state index in [1.165, 1.54) is 0 Å². The highest BCUT2D eigenvalue weighted by Crippen LogP contribution is 2.16. The average molecular weight is 309 g/mol. The molecule has 0 radical (unpaired) electrons. The van der Waals surface area contributed by atoms with E-state index >= 15 is 0 Å². The second-order valence-corrected chi connectivity index (χ2v) is 5.57. The van der Waals surface area contributed by atoms with Crippen LogP contribution in [-0.4, -0.2) is 25.5 Å². The van der Waals surface area contributed by atoms with Gasteiger partial charge in [0.15, 0.2) is 0 Å². The van der Waals surface area contributed by atoms with Crippen LogP contribution in [-0.2, 0) is 11.3 Å². The summed E-state index contributed by atoms with van der Waals surface area (Å²) in [5.74, 6) is 0.565. The summed E-state index contributed by atoms with van der Waals surface area (Å²) in [5.41, 5.74) is 1.88. The second kappa shape index (κ2) is 6.48. The molecular weight excluding hydrogens is 290 g/mol. The molecular formula is C17H19N5O. The van der Waals surface area contributed by atoms with Crippen molar-refractivity contribution in [1.29, 1.82) is 0 Å². The van der Waals surface area contributed by atoms with Gasteiger partial charge < -0.3 is 5.32 Å². The van der Waals surface area contributed by atoms with Crippen molar-refractivity contribution in [2.24, 2.45) is 0 Å². The predicted octanol–water partition coefficient (Wildman–Crippen LogP) is 2.97. The maximum atomic E-state index is 12.2. The topological polar surface area (TPSA) is 64.7 Å². The number of amides is 1. The lowest BCUT2D eigenvalue weighted by Crippen LogP contribution is -2.21. The molecule has 0 atom stereocenters. The molecule has 0 unspecified atom stereocenters. The largest absolute Gasteiger partial charge is 0.309 e. The van der Waals surface area contributed by atoms with E-state index in [9.17, 15) is 4.79 Å². The van der Waals surface area contributed by atoms with Crippen LogP contribution < -0.4 is 5.32 Å². The Kier molecular flexibility index (Phi) is 4.23. The SMILES string of the molecule is CC(C)n1nccc1NC(=O)Cn1ccc(-c2ccccc2)n1. The highest BCUT2D eigenvalue weighted by Gasteiger charge is 2.11. The molecule has 118 valence electrons. The maximum Gasteiger partial charge on any atom is 0.247 e. The Labute approximate surface area is 134 Å². The van der Waals surface area contributed by atoms with Gasteiger partial charge in [-0.3, -0.25) is 9.48 Å². The van der Waals surface area contributed by atoms with Gasteiger partial charge in [-0.15, -0.1) is 0 Å². The van der Waals surface area contributed by atoms with Crippen LogP contribution >= 0.6 is 0 Å². The van der Waals surface area contributed by atoms with Crippen molar-refractivity contribution in [3.8, 4) is 11.3 Å². The van der Waals surface area contributed by atoms with Crippen molar-refractivity contribution in [1.82, 2.24) is 19.6 Å². The first-order valence-electron chi connectivity index (χ1n) is 7.56. The van der Waals surface area contributed by atoms with Crippen molar-refractivity contribution >= 4 is 11.7 Å². The number of anilines is 1. The molecule has 1 amide bonds. The van der Waals surface area contributed by atoms with E-state index in [1.807, 2.05) is 56.4 Å². The van der Waals surface area contributed by atoms with Gasteiger partial charge in [0.2, 0.25) is 5.91 Å². The van der Waals surface area contributed by atoms with Gasteiger partial charge in [0.1, 0.15) is 12.4 Å². The van der Waals surface area contributed by atoms with Crippen molar-refractivity contribution in [3.63, 3.8) is 0 Å². The highest BCUT2D eigenvalue weighted by atomic mass is 16.2. The molecule has 0 saturated heterocycles. The third-order valence-electron chi connectivity index (χ3n) is 3.44. The Morgan fingerprint density at radius 2 is 1.96 bits per heavy atom. The first-order valence-corrected chi connectivity index (χ1v) is 7.56. The fraction of sp³-hybridized carbons (Fsp3) is 0.235. The van der Waals surface area contributed by atoms with Crippen LogP contribution in [0.25, 0.3) is 11.3 Å². The second-order valence-electron chi connectivity index (χ2n) is 5.57. The number of hydrogen-bond donors (Lipinski definition) is 1. The molecule has 0 aliphatic carbocycles. The summed E-state index contributed by atoms with van der Waals surface area (Å²) >= 11 is 0. The molecule has 3 rings (SSSR count). The molecule has 6 nitrogen and oxygen atoms in total. The molecule has 0 spiro atoms. The highest BCUT2D eigenvalue weighted by molar-refractivity contribution is 5.89. The summed E-state index contributed by atoms with van der Waals surface area (Å²) in [6.07, 6.45) is 3.48. The minimum Gasteiger partial charge on any atom is -0.309 e. The smallest absolute Gasteiger partial charge is 0.247 e. The molecule has 0 fully saturated rings. The van der Waals surface area contributed by atoms with Gasteiger partial charge in [-0.1, -0.05) is 30.3 Å². The average Bonchev–Trinajstić information content (AvgIpc) is 3.17. The number of nitrogens with zero attached hydrogens (tertiary/aromatic N) is 4. The summed E-state index contributed by atoms with van der Waals surface area (Å²) in [6, 6.07) is 13.8. The summed E-state index contributed by atoms with van der Waals surface area (Å²) in [7, 11) is 0. The number of carbonyl (C=O) groups excluding carboxylic acids is 1. The van der Waals surface area contributed by atoms with Gasteiger partial charge in [0.05, 0.1) is 11.9 Å². The minimum absolute atomic E-state index is 0.130. The Morgan fingerprint density at radius 1 is 1.17 bits per heavy atom. The Hall–Kier alpha value is -2.89. The minimum atomic E-state index is -0.130. The van der Waals surface area contributed by atoms with Crippen LogP contribution in [0.5, 0.6) is 0 Å². The summed E-state index contributed by atoms with van der Waals surface area (Å²) in [6.45, 7) is 4.20. The number of aromatic nitrogens is 4. The zero-order valence-electron chi connectivity index (χ0n) is 13.2. The van der Waals surface area contributed by atoms with E-state index in [2.05, 4.69) is 15.5 Å². The molecule has 0 bridgehead atoms. The van der Waals surface area contributed by atoms with Gasteiger partial charge in [-0.2, -0.15) is 10.2 Å². The first kappa shape index (κ1) is 15.0. The fourth-order valence-electron chi connectivity index (χ4n) is 2.37. The molecule has 6 heteroatoms. The molecule has 0 aliphatic rings. The van der Waals surface area contributed by atoms with E-state index in [1.54, 1.807) is 21.6 Å². The first-order chi connectivity index (χ1) is 11.1. The van der Waals surface area contributed by atoms with E-state index < -0.39 is 0 Å². The lowest BCUT2D eigenvalue weighted by atomic mass is 10.2. The van der Waals surface area contributed by atoms with Crippen LogP contribution in [0.3, 0.4) is 0 Å². The van der Waals surface area contributed by atoms with Crippen molar-refractivity contribution < 1.29 is 4.79 Å². The number of nitrogens with one attached hydrogen (secondary N) is 1. The summed E-state index contributed by atoms with van der Waals surface area (Å²) < 4.78 is 3.41. The van der Waals surface area contributed by atoms with Gasteiger partial charge in [0.25, 0.3) is 0 Å². The van der Waals surface area contributed by atoms with Crippen LogP contribution in [0, 0.1) is 0 Å². The molecule has 2 heterocycles. The van der Waals surface area contributed by atoms with Crippen LogP contribution in [0.2, 0.25) is 0 Å². The molecule has 0 saturated carbocycles. The normalized spacial score (nSPS) is 10.9. The number of benzene rings is 1. The van der Waals surface area contributed by atoms with Gasteiger partial charge in [-0.25, -0.2) is 4.68 Å². The van der Waals surface area contributed by atoms with Gasteiger partial charge in [0, 0.05) is 23.9 Å². The Bertz CT molecular complexity index is 788. The lowest BCUT2D eigenvalue weighted by Gasteiger charge is -2.11. The lowest BCUT2D eigenvalue weighted by molar-refractivity contribution is -0.116. The summed E-state index contributed by atoms with van der Waals surface area (Å²) in [5, 5.41) is 11.5. The Balaban J connectivity index is 1.67. The van der Waals surface area contributed by atoms with E-state index in [4.69, 9.17) is 0 Å². The fourth-order valence-corrected chi connectivity index (χ4v) is 2.37.